The van der Waals surface area contributed by atoms with Gasteiger partial charge in [-0.3, -0.25) is 4.79 Å². The Morgan fingerprint density at radius 2 is 2.04 bits per heavy atom. The van der Waals surface area contributed by atoms with Crippen molar-refractivity contribution in [2.75, 3.05) is 11.1 Å². The predicted molar refractivity (Wildman–Crippen MR) is 110 cm³/mol. The first-order chi connectivity index (χ1) is 13.6. The third-order valence-electron chi connectivity index (χ3n) is 4.00. The average Bonchev–Trinajstić information content (AvgIpc) is 3.42. The molecule has 1 aromatic carbocycles. The van der Waals surface area contributed by atoms with E-state index in [9.17, 15) is 4.79 Å². The highest BCUT2D eigenvalue weighted by atomic mass is 32.2. The summed E-state index contributed by atoms with van der Waals surface area (Å²) in [7, 11) is 1.84. The molecule has 0 fully saturated rings. The molecular weight excluding hydrogens is 394 g/mol. The molecule has 9 heteroatoms. The Morgan fingerprint density at radius 1 is 1.21 bits per heavy atom. The number of aryl methyl sites for hydroxylation is 1. The maximum Gasteiger partial charge on any atom is 0.236 e. The number of furan rings is 1. The summed E-state index contributed by atoms with van der Waals surface area (Å²) >= 11 is 2.78. The number of amides is 1. The first-order valence-electron chi connectivity index (χ1n) is 8.50. The van der Waals surface area contributed by atoms with E-state index in [1.54, 1.807) is 16.9 Å². The average molecular weight is 412 g/mol. The van der Waals surface area contributed by atoms with Gasteiger partial charge in [-0.25, -0.2) is 4.98 Å². The summed E-state index contributed by atoms with van der Waals surface area (Å²) in [5.74, 6) is 1.33. The number of aromatic nitrogens is 4. The van der Waals surface area contributed by atoms with Gasteiger partial charge in [-0.1, -0.05) is 42.1 Å². The van der Waals surface area contributed by atoms with Crippen LogP contribution in [0.2, 0.25) is 0 Å². The number of thioether (sulfide) groups is 1. The predicted octanol–water partition coefficient (Wildman–Crippen LogP) is 4.24. The molecule has 4 aromatic rings. The quantitative estimate of drug-likeness (QED) is 0.478. The fraction of sp³-hybridized carbons (Fsp3) is 0.158. The number of carbonyl (C=O) groups is 1. The summed E-state index contributed by atoms with van der Waals surface area (Å²) in [6.07, 6.45) is 1.59. The van der Waals surface area contributed by atoms with Gasteiger partial charge in [0.15, 0.2) is 21.9 Å². The normalized spacial score (nSPS) is 10.9. The van der Waals surface area contributed by atoms with Gasteiger partial charge in [0.2, 0.25) is 5.91 Å². The number of anilines is 1. The lowest BCUT2D eigenvalue weighted by atomic mass is 10.1. The van der Waals surface area contributed by atoms with Crippen LogP contribution in [-0.4, -0.2) is 31.4 Å². The summed E-state index contributed by atoms with van der Waals surface area (Å²) < 4.78 is 7.15. The molecule has 142 valence electrons. The van der Waals surface area contributed by atoms with Gasteiger partial charge in [-0.2, -0.15) is 0 Å². The lowest BCUT2D eigenvalue weighted by molar-refractivity contribution is -0.113. The zero-order valence-corrected chi connectivity index (χ0v) is 16.9. The Labute approximate surface area is 169 Å². The molecule has 4 rings (SSSR count). The Bertz CT molecular complexity index is 1090. The number of carbonyl (C=O) groups excluding carboxylic acids is 1. The molecule has 0 spiro atoms. The van der Waals surface area contributed by atoms with Crippen LogP contribution in [0.4, 0.5) is 5.13 Å². The summed E-state index contributed by atoms with van der Waals surface area (Å²) in [4.78, 5) is 18.0. The third kappa shape index (κ3) is 3.85. The molecule has 0 saturated heterocycles. The van der Waals surface area contributed by atoms with E-state index in [4.69, 9.17) is 4.42 Å². The lowest BCUT2D eigenvalue weighted by Crippen LogP contribution is -2.14. The van der Waals surface area contributed by atoms with E-state index in [0.29, 0.717) is 21.9 Å². The molecule has 0 bridgehead atoms. The molecule has 7 nitrogen and oxygen atoms in total. The number of nitrogens with zero attached hydrogens (tertiary/aromatic N) is 4. The van der Waals surface area contributed by atoms with Crippen LogP contribution >= 0.6 is 23.1 Å². The van der Waals surface area contributed by atoms with Gasteiger partial charge in [0, 0.05) is 17.5 Å². The third-order valence-corrected chi connectivity index (χ3v) is 5.91. The van der Waals surface area contributed by atoms with E-state index in [0.717, 1.165) is 16.1 Å². The molecule has 1 amide bonds. The summed E-state index contributed by atoms with van der Waals surface area (Å²) in [5, 5.41) is 12.4. The molecule has 3 aromatic heterocycles. The van der Waals surface area contributed by atoms with Crippen molar-refractivity contribution in [2.45, 2.75) is 12.1 Å². The zero-order chi connectivity index (χ0) is 19.5. The van der Waals surface area contributed by atoms with Crippen molar-refractivity contribution in [1.29, 1.82) is 0 Å². The highest BCUT2D eigenvalue weighted by Gasteiger charge is 2.16. The molecule has 0 unspecified atom stereocenters. The smallest absolute Gasteiger partial charge is 0.236 e. The van der Waals surface area contributed by atoms with Crippen LogP contribution in [0.25, 0.3) is 22.8 Å². The second-order valence-corrected chi connectivity index (χ2v) is 8.11. The summed E-state index contributed by atoms with van der Waals surface area (Å²) in [5.41, 5.74) is 1.93. The van der Waals surface area contributed by atoms with Crippen molar-refractivity contribution in [3.05, 3.63) is 53.6 Å². The molecular formula is C19H17N5O2S2. The second-order valence-electron chi connectivity index (χ2n) is 5.97. The van der Waals surface area contributed by atoms with Crippen molar-refractivity contribution in [3.63, 3.8) is 0 Å². The molecule has 28 heavy (non-hydrogen) atoms. The molecule has 3 heterocycles. The van der Waals surface area contributed by atoms with E-state index in [1.165, 1.54) is 23.1 Å². The number of rotatable bonds is 6. The fourth-order valence-electron chi connectivity index (χ4n) is 2.66. The van der Waals surface area contributed by atoms with Crippen LogP contribution < -0.4 is 5.32 Å². The van der Waals surface area contributed by atoms with Gasteiger partial charge in [0.05, 0.1) is 17.7 Å². The number of benzene rings is 1. The molecule has 0 aliphatic heterocycles. The molecule has 0 saturated carbocycles. The van der Waals surface area contributed by atoms with E-state index >= 15 is 0 Å². The molecule has 0 aliphatic carbocycles. The summed E-state index contributed by atoms with van der Waals surface area (Å²) in [6, 6.07) is 13.5. The number of nitrogens with one attached hydrogen (secondary N) is 1. The van der Waals surface area contributed by atoms with Gasteiger partial charge < -0.3 is 14.3 Å². The number of hydrogen-bond donors (Lipinski definition) is 1. The van der Waals surface area contributed by atoms with Gasteiger partial charge in [0.25, 0.3) is 0 Å². The molecule has 0 atom stereocenters. The van der Waals surface area contributed by atoms with Crippen LogP contribution in [0.15, 0.2) is 58.3 Å². The highest BCUT2D eigenvalue weighted by Crippen LogP contribution is 2.30. The minimum absolute atomic E-state index is 0.138. The van der Waals surface area contributed by atoms with Crippen LogP contribution in [-0.2, 0) is 11.8 Å². The van der Waals surface area contributed by atoms with E-state index in [1.807, 2.05) is 50.4 Å². The Kier molecular flexibility index (Phi) is 5.27. The highest BCUT2D eigenvalue weighted by molar-refractivity contribution is 7.99. The van der Waals surface area contributed by atoms with Gasteiger partial charge >= 0.3 is 0 Å². The van der Waals surface area contributed by atoms with Crippen LogP contribution in [0, 0.1) is 6.92 Å². The van der Waals surface area contributed by atoms with Crippen LogP contribution in [0.5, 0.6) is 0 Å². The first-order valence-corrected chi connectivity index (χ1v) is 10.3. The minimum Gasteiger partial charge on any atom is -0.461 e. The second kappa shape index (κ2) is 7.99. The SMILES string of the molecule is Cc1sc(NC(=O)CSc2nnc(-c3ccco3)n2C)nc1-c1ccccc1. The lowest BCUT2D eigenvalue weighted by Gasteiger charge is -2.03. The Morgan fingerprint density at radius 3 is 2.79 bits per heavy atom. The van der Waals surface area contributed by atoms with Gasteiger partial charge in [-0.05, 0) is 19.1 Å². The Balaban J connectivity index is 1.39. The van der Waals surface area contributed by atoms with Crippen molar-refractivity contribution in [3.8, 4) is 22.8 Å². The molecule has 1 N–H and O–H groups in total. The van der Waals surface area contributed by atoms with Crippen LogP contribution in [0.1, 0.15) is 4.88 Å². The van der Waals surface area contributed by atoms with Crippen molar-refractivity contribution >= 4 is 34.1 Å². The molecule has 0 aliphatic rings. The first kappa shape index (κ1) is 18.5. The van der Waals surface area contributed by atoms with Crippen LogP contribution in [0.3, 0.4) is 0 Å². The maximum absolute atomic E-state index is 12.3. The van der Waals surface area contributed by atoms with Gasteiger partial charge in [0.1, 0.15) is 0 Å². The standard InChI is InChI=1S/C19H17N5O2S2/c1-12-16(13-7-4-3-5-8-13)21-18(28-12)20-15(25)11-27-19-23-22-17(24(19)2)14-9-6-10-26-14/h3-10H,11H2,1-2H3,(H,20,21,25). The topological polar surface area (TPSA) is 85.8 Å². The van der Waals surface area contributed by atoms with Crippen molar-refractivity contribution in [2.24, 2.45) is 7.05 Å². The number of thiazole rings is 1. The van der Waals surface area contributed by atoms with Crippen molar-refractivity contribution < 1.29 is 9.21 Å². The van der Waals surface area contributed by atoms with Gasteiger partial charge in [-0.15, -0.1) is 21.5 Å². The van der Waals surface area contributed by atoms with E-state index < -0.39 is 0 Å². The van der Waals surface area contributed by atoms with E-state index in [2.05, 4.69) is 20.5 Å². The van der Waals surface area contributed by atoms with E-state index in [-0.39, 0.29) is 11.7 Å². The maximum atomic E-state index is 12.3. The van der Waals surface area contributed by atoms with Crippen molar-refractivity contribution in [1.82, 2.24) is 19.7 Å². The number of hydrogen-bond acceptors (Lipinski definition) is 7. The summed E-state index contributed by atoms with van der Waals surface area (Å²) in [6.45, 7) is 2.00. The Hall–Kier alpha value is -2.91. The zero-order valence-electron chi connectivity index (χ0n) is 15.2. The monoisotopic (exact) mass is 411 g/mol. The minimum atomic E-state index is -0.138. The largest absolute Gasteiger partial charge is 0.461 e. The molecule has 0 radical (unpaired) electrons. The fourth-order valence-corrected chi connectivity index (χ4v) is 4.22.